The number of carbonyl (C=O) groups is 1. The van der Waals surface area contributed by atoms with E-state index >= 15 is 0 Å². The van der Waals surface area contributed by atoms with Crippen molar-refractivity contribution in [3.8, 4) is 16.8 Å². The molecule has 2 heterocycles. The highest BCUT2D eigenvalue weighted by molar-refractivity contribution is 5.96. The van der Waals surface area contributed by atoms with E-state index < -0.39 is 0 Å². The third-order valence-corrected chi connectivity index (χ3v) is 5.83. The molecule has 2 aromatic carbocycles. The molecule has 2 atom stereocenters. The Morgan fingerprint density at radius 1 is 1.07 bits per heavy atom. The van der Waals surface area contributed by atoms with Crippen molar-refractivity contribution in [3.05, 3.63) is 59.9 Å². The molecule has 5 rings (SSSR count). The first kappa shape index (κ1) is 16.2. The van der Waals surface area contributed by atoms with Crippen LogP contribution in [0.4, 0.5) is 0 Å². The summed E-state index contributed by atoms with van der Waals surface area (Å²) in [6, 6.07) is 14.6. The first-order valence-corrected chi connectivity index (χ1v) is 9.44. The van der Waals surface area contributed by atoms with Crippen LogP contribution in [0.3, 0.4) is 0 Å². The number of amides is 1. The molecule has 1 aromatic heterocycles. The predicted molar refractivity (Wildman–Crippen MR) is 101 cm³/mol. The highest BCUT2D eigenvalue weighted by Gasteiger charge is 2.40. The van der Waals surface area contributed by atoms with E-state index in [4.69, 9.17) is 0 Å². The average molecular weight is 359 g/mol. The summed E-state index contributed by atoms with van der Waals surface area (Å²) in [4.78, 5) is 15.3. The van der Waals surface area contributed by atoms with Gasteiger partial charge in [-0.2, -0.15) is 0 Å². The van der Waals surface area contributed by atoms with Crippen LogP contribution in [0.25, 0.3) is 16.8 Å². The molecule has 0 radical (unpaired) electrons. The van der Waals surface area contributed by atoms with Crippen LogP contribution >= 0.6 is 0 Å². The Bertz CT molecular complexity index is 980. The molecule has 1 aliphatic carbocycles. The summed E-state index contributed by atoms with van der Waals surface area (Å²) in [5, 5.41) is 11.5. The van der Waals surface area contributed by atoms with Gasteiger partial charge >= 0.3 is 0 Å². The Hall–Kier alpha value is -3.02. The van der Waals surface area contributed by atoms with Crippen molar-refractivity contribution >= 4 is 5.91 Å². The zero-order valence-electron chi connectivity index (χ0n) is 15.2. The predicted octanol–water partition coefficient (Wildman–Crippen LogP) is 3.26. The van der Waals surface area contributed by atoms with Gasteiger partial charge < -0.3 is 4.90 Å². The standard InChI is InChI=1S/C21H21N5O/c1-14-2-5-16(6-3-14)17-9-18(11-20(10-17)26-13-22-23-24-26)21(27)25-12-15-4-7-19(25)8-15/h2-3,5-6,9-11,13,15,19H,4,7-8,12H2,1H3. The highest BCUT2D eigenvalue weighted by Crippen LogP contribution is 2.38. The number of aromatic nitrogens is 4. The van der Waals surface area contributed by atoms with Crippen LogP contribution < -0.4 is 0 Å². The van der Waals surface area contributed by atoms with Crippen LogP contribution in [-0.2, 0) is 0 Å². The van der Waals surface area contributed by atoms with Crippen LogP contribution in [0.15, 0.2) is 48.8 Å². The van der Waals surface area contributed by atoms with Gasteiger partial charge in [0.1, 0.15) is 6.33 Å². The molecule has 2 aliphatic rings. The minimum atomic E-state index is 0.116. The van der Waals surface area contributed by atoms with Crippen molar-refractivity contribution in [2.24, 2.45) is 5.92 Å². The quantitative estimate of drug-likeness (QED) is 0.720. The lowest BCUT2D eigenvalue weighted by atomic mass is 10.00. The molecule has 1 saturated heterocycles. The molecule has 27 heavy (non-hydrogen) atoms. The number of benzene rings is 2. The fraction of sp³-hybridized carbons (Fsp3) is 0.333. The fourth-order valence-corrected chi connectivity index (χ4v) is 4.40. The summed E-state index contributed by atoms with van der Waals surface area (Å²) in [6.45, 7) is 2.96. The maximum absolute atomic E-state index is 13.3. The van der Waals surface area contributed by atoms with Crippen molar-refractivity contribution in [1.82, 2.24) is 25.1 Å². The number of rotatable bonds is 3. The van der Waals surface area contributed by atoms with Gasteiger partial charge in [0.05, 0.1) is 5.69 Å². The van der Waals surface area contributed by atoms with Gasteiger partial charge in [-0.05, 0) is 71.9 Å². The molecule has 0 N–H and O–H groups in total. The number of tetrazole rings is 1. The number of piperidine rings is 1. The van der Waals surface area contributed by atoms with Gasteiger partial charge in [0.2, 0.25) is 0 Å². The largest absolute Gasteiger partial charge is 0.335 e. The van der Waals surface area contributed by atoms with Gasteiger partial charge in [-0.15, -0.1) is 5.10 Å². The summed E-state index contributed by atoms with van der Waals surface area (Å²) in [7, 11) is 0. The van der Waals surface area contributed by atoms with Crippen molar-refractivity contribution in [2.75, 3.05) is 6.54 Å². The Morgan fingerprint density at radius 2 is 1.93 bits per heavy atom. The molecule has 0 spiro atoms. The number of nitrogens with zero attached hydrogens (tertiary/aromatic N) is 5. The van der Waals surface area contributed by atoms with E-state index in [9.17, 15) is 4.79 Å². The first-order valence-electron chi connectivity index (χ1n) is 9.44. The normalized spacial score (nSPS) is 21.0. The highest BCUT2D eigenvalue weighted by atomic mass is 16.2. The second kappa shape index (κ2) is 6.30. The third-order valence-electron chi connectivity index (χ3n) is 5.83. The van der Waals surface area contributed by atoms with Gasteiger partial charge in [-0.25, -0.2) is 4.68 Å². The molecule has 2 fully saturated rings. The smallest absolute Gasteiger partial charge is 0.254 e. The monoisotopic (exact) mass is 359 g/mol. The Kier molecular flexibility index (Phi) is 3.77. The summed E-state index contributed by atoms with van der Waals surface area (Å²) in [5.41, 5.74) is 4.78. The van der Waals surface area contributed by atoms with E-state index in [2.05, 4.69) is 51.6 Å². The fourth-order valence-electron chi connectivity index (χ4n) is 4.40. The summed E-state index contributed by atoms with van der Waals surface area (Å²) in [5.74, 6) is 0.795. The van der Waals surface area contributed by atoms with Gasteiger partial charge in [0.15, 0.2) is 0 Å². The first-order chi connectivity index (χ1) is 13.2. The molecule has 1 aliphatic heterocycles. The van der Waals surface area contributed by atoms with E-state index in [1.165, 1.54) is 12.0 Å². The Morgan fingerprint density at radius 3 is 2.59 bits per heavy atom. The van der Waals surface area contributed by atoms with Crippen LogP contribution in [-0.4, -0.2) is 43.6 Å². The number of likely N-dealkylation sites (tertiary alicyclic amines) is 1. The average Bonchev–Trinajstić information content (AvgIpc) is 3.45. The number of fused-ring (bicyclic) bond motifs is 2. The van der Waals surface area contributed by atoms with E-state index in [-0.39, 0.29) is 5.91 Å². The number of carbonyl (C=O) groups excluding carboxylic acids is 1. The maximum atomic E-state index is 13.3. The molecule has 1 saturated carbocycles. The van der Waals surface area contributed by atoms with E-state index in [1.807, 2.05) is 18.2 Å². The van der Waals surface area contributed by atoms with Gasteiger partial charge in [0.25, 0.3) is 5.91 Å². The molecule has 6 heteroatoms. The number of hydrogen-bond donors (Lipinski definition) is 0. The topological polar surface area (TPSA) is 63.9 Å². The molecule has 2 unspecified atom stereocenters. The van der Waals surface area contributed by atoms with Crippen molar-refractivity contribution in [2.45, 2.75) is 32.2 Å². The zero-order chi connectivity index (χ0) is 18.4. The second-order valence-electron chi connectivity index (χ2n) is 7.68. The molecular formula is C21H21N5O. The molecule has 3 aromatic rings. The van der Waals surface area contributed by atoms with Crippen molar-refractivity contribution in [3.63, 3.8) is 0 Å². The Balaban J connectivity index is 1.57. The van der Waals surface area contributed by atoms with E-state index in [1.54, 1.807) is 11.0 Å². The lowest BCUT2D eigenvalue weighted by molar-refractivity contribution is 0.0703. The van der Waals surface area contributed by atoms with Gasteiger partial charge in [-0.3, -0.25) is 4.79 Å². The third kappa shape index (κ3) is 2.91. The molecular weight excluding hydrogens is 338 g/mol. The summed E-state index contributed by atoms with van der Waals surface area (Å²) in [6.07, 6.45) is 5.10. The molecule has 1 amide bonds. The minimum absolute atomic E-state index is 0.116. The summed E-state index contributed by atoms with van der Waals surface area (Å²) < 4.78 is 1.60. The second-order valence-corrected chi connectivity index (χ2v) is 7.68. The lowest BCUT2D eigenvalue weighted by Gasteiger charge is -2.27. The van der Waals surface area contributed by atoms with Crippen LogP contribution in [0, 0.1) is 12.8 Å². The minimum Gasteiger partial charge on any atom is -0.335 e. The molecule has 2 bridgehead atoms. The number of hydrogen-bond acceptors (Lipinski definition) is 4. The van der Waals surface area contributed by atoms with Crippen molar-refractivity contribution < 1.29 is 4.79 Å². The van der Waals surface area contributed by atoms with Crippen LogP contribution in [0.1, 0.15) is 35.2 Å². The maximum Gasteiger partial charge on any atom is 0.254 e. The van der Waals surface area contributed by atoms with Crippen LogP contribution in [0.2, 0.25) is 0 Å². The summed E-state index contributed by atoms with van der Waals surface area (Å²) >= 11 is 0. The van der Waals surface area contributed by atoms with Crippen LogP contribution in [0.5, 0.6) is 0 Å². The van der Waals surface area contributed by atoms with Crippen molar-refractivity contribution in [1.29, 1.82) is 0 Å². The molecule has 136 valence electrons. The van der Waals surface area contributed by atoms with Gasteiger partial charge in [-0.1, -0.05) is 29.8 Å². The lowest BCUT2D eigenvalue weighted by Crippen LogP contribution is -2.37. The Labute approximate surface area is 157 Å². The zero-order valence-corrected chi connectivity index (χ0v) is 15.2. The van der Waals surface area contributed by atoms with E-state index in [0.29, 0.717) is 17.5 Å². The molecule has 6 nitrogen and oxygen atoms in total. The number of aryl methyl sites for hydroxylation is 1. The van der Waals surface area contributed by atoms with E-state index in [0.717, 1.165) is 36.2 Å². The SMILES string of the molecule is Cc1ccc(-c2cc(C(=O)N3CC4CCC3C4)cc(-n3cnnn3)c2)cc1. The van der Waals surface area contributed by atoms with Gasteiger partial charge in [0, 0.05) is 18.2 Å².